The lowest BCUT2D eigenvalue weighted by Crippen LogP contribution is -2.52. The van der Waals surface area contributed by atoms with Crippen LogP contribution in [0.2, 0.25) is 0 Å². The van der Waals surface area contributed by atoms with Crippen LogP contribution >= 0.6 is 0 Å². The Kier molecular flexibility index (Phi) is 9.80. The molecule has 0 unspecified atom stereocenters. The van der Waals surface area contributed by atoms with E-state index in [-0.39, 0.29) is 6.42 Å². The number of carbonyl (C=O) groups excluding carboxylic acids is 2. The van der Waals surface area contributed by atoms with Gasteiger partial charge in [0.05, 0.1) is 31.3 Å². The number of benzene rings is 2. The number of carbonyl (C=O) groups is 2. The van der Waals surface area contributed by atoms with Crippen LogP contribution in [0.3, 0.4) is 0 Å². The van der Waals surface area contributed by atoms with Gasteiger partial charge in [0.1, 0.15) is 11.2 Å². The van der Waals surface area contributed by atoms with E-state index < -0.39 is 40.6 Å². The number of methoxy groups -OCH3 is 2. The molecule has 2 aromatic rings. The molecule has 8 heteroatoms. The molecule has 8 nitrogen and oxygen atoms in total. The molecule has 3 atom stereocenters. The van der Waals surface area contributed by atoms with Gasteiger partial charge in [0.15, 0.2) is 11.5 Å². The van der Waals surface area contributed by atoms with E-state index in [4.69, 9.17) is 18.9 Å². The SMILES string of the molecule is COc1ccc(CCNC2=C(C(=O)OC(C)(C)C)[C@H](c3ccccc3)[C@@H](C(=O)OC(C)(C)C)[C@](C)(O)C2)cc1OC. The van der Waals surface area contributed by atoms with Gasteiger partial charge < -0.3 is 29.4 Å². The fraction of sp³-hybridized carbons (Fsp3) is 0.515. The highest BCUT2D eigenvalue weighted by Gasteiger charge is 2.53. The van der Waals surface area contributed by atoms with E-state index in [2.05, 4.69) is 5.32 Å². The van der Waals surface area contributed by atoms with Gasteiger partial charge in [-0.3, -0.25) is 4.79 Å². The summed E-state index contributed by atoms with van der Waals surface area (Å²) < 4.78 is 22.4. The van der Waals surface area contributed by atoms with E-state index in [1.165, 1.54) is 0 Å². The van der Waals surface area contributed by atoms with Crippen LogP contribution in [0.4, 0.5) is 0 Å². The summed E-state index contributed by atoms with van der Waals surface area (Å²) in [7, 11) is 3.18. The van der Waals surface area contributed by atoms with Crippen LogP contribution in [-0.2, 0) is 25.5 Å². The molecule has 0 fully saturated rings. The maximum atomic E-state index is 13.9. The van der Waals surface area contributed by atoms with Gasteiger partial charge in [-0.2, -0.15) is 0 Å². The first-order valence-corrected chi connectivity index (χ1v) is 14.0. The normalized spacial score (nSPS) is 21.2. The van der Waals surface area contributed by atoms with Gasteiger partial charge in [-0.15, -0.1) is 0 Å². The predicted molar refractivity (Wildman–Crippen MR) is 158 cm³/mol. The van der Waals surface area contributed by atoms with Crippen molar-refractivity contribution in [1.29, 1.82) is 0 Å². The summed E-state index contributed by atoms with van der Waals surface area (Å²) in [6.07, 6.45) is 0.653. The van der Waals surface area contributed by atoms with Crippen molar-refractivity contribution in [3.8, 4) is 11.5 Å². The zero-order chi connectivity index (χ0) is 30.6. The van der Waals surface area contributed by atoms with Gasteiger partial charge in [-0.1, -0.05) is 36.4 Å². The third-order valence-electron chi connectivity index (χ3n) is 6.81. The summed E-state index contributed by atoms with van der Waals surface area (Å²) >= 11 is 0. The molecule has 0 spiro atoms. The monoisotopic (exact) mass is 567 g/mol. The minimum Gasteiger partial charge on any atom is -0.493 e. The van der Waals surface area contributed by atoms with Crippen molar-refractivity contribution in [2.75, 3.05) is 20.8 Å². The van der Waals surface area contributed by atoms with E-state index >= 15 is 0 Å². The molecule has 0 aromatic heterocycles. The van der Waals surface area contributed by atoms with Gasteiger partial charge in [-0.25, -0.2) is 4.79 Å². The molecule has 0 bridgehead atoms. The minimum absolute atomic E-state index is 0.0424. The summed E-state index contributed by atoms with van der Waals surface area (Å²) in [6, 6.07) is 15.0. The fourth-order valence-electron chi connectivity index (χ4n) is 5.19. The maximum Gasteiger partial charge on any atom is 0.336 e. The van der Waals surface area contributed by atoms with Crippen LogP contribution in [0.15, 0.2) is 59.8 Å². The van der Waals surface area contributed by atoms with Crippen LogP contribution < -0.4 is 14.8 Å². The second-order valence-electron chi connectivity index (χ2n) is 12.7. The van der Waals surface area contributed by atoms with Crippen molar-refractivity contribution in [1.82, 2.24) is 5.32 Å². The topological polar surface area (TPSA) is 103 Å². The molecule has 0 saturated heterocycles. The van der Waals surface area contributed by atoms with E-state index in [0.29, 0.717) is 41.3 Å². The smallest absolute Gasteiger partial charge is 0.336 e. The van der Waals surface area contributed by atoms with Crippen molar-refractivity contribution in [3.63, 3.8) is 0 Å². The second kappa shape index (κ2) is 12.6. The highest BCUT2D eigenvalue weighted by atomic mass is 16.6. The maximum absolute atomic E-state index is 13.9. The van der Waals surface area contributed by atoms with Gasteiger partial charge in [0.2, 0.25) is 0 Å². The van der Waals surface area contributed by atoms with Gasteiger partial charge in [0, 0.05) is 24.6 Å². The lowest BCUT2D eigenvalue weighted by Gasteiger charge is -2.44. The highest BCUT2D eigenvalue weighted by Crippen LogP contribution is 2.48. The van der Waals surface area contributed by atoms with E-state index in [1.807, 2.05) is 48.5 Å². The average molecular weight is 568 g/mol. The molecule has 0 heterocycles. The minimum atomic E-state index is -1.51. The van der Waals surface area contributed by atoms with E-state index in [1.54, 1.807) is 62.7 Å². The lowest BCUT2D eigenvalue weighted by molar-refractivity contribution is -0.171. The van der Waals surface area contributed by atoms with Crippen molar-refractivity contribution in [3.05, 3.63) is 70.9 Å². The zero-order valence-electron chi connectivity index (χ0n) is 25.8. The Hall–Kier alpha value is -3.52. The largest absolute Gasteiger partial charge is 0.493 e. The molecule has 0 saturated carbocycles. The molecule has 224 valence electrons. The van der Waals surface area contributed by atoms with Crippen molar-refractivity contribution in [2.24, 2.45) is 5.92 Å². The fourth-order valence-corrected chi connectivity index (χ4v) is 5.19. The molecule has 0 amide bonds. The molecule has 2 N–H and O–H groups in total. The molecule has 2 aromatic carbocycles. The molecular formula is C33H45NO7. The number of esters is 2. The molecule has 41 heavy (non-hydrogen) atoms. The zero-order valence-corrected chi connectivity index (χ0v) is 25.8. The molecule has 0 aliphatic heterocycles. The first-order valence-electron chi connectivity index (χ1n) is 14.0. The predicted octanol–water partition coefficient (Wildman–Crippen LogP) is 5.33. The number of nitrogens with one attached hydrogen (secondary N) is 1. The van der Waals surface area contributed by atoms with Crippen LogP contribution in [0, 0.1) is 5.92 Å². The van der Waals surface area contributed by atoms with Crippen LogP contribution in [0.25, 0.3) is 0 Å². The number of hydrogen-bond acceptors (Lipinski definition) is 8. The summed E-state index contributed by atoms with van der Waals surface area (Å²) in [4.78, 5) is 27.6. The standard InChI is InChI=1S/C33H45NO7/c1-31(2,3)40-29(35)27-23(34-18-17-21-15-16-24(38-8)25(19-21)39-9)20-33(7,37)28(30(36)41-32(4,5)6)26(27)22-13-11-10-12-14-22/h10-16,19,26,28,34,37H,17-18,20H2,1-9H3/t26-,28-,33+/m0/s1. The Balaban J connectivity index is 2.09. The average Bonchev–Trinajstić information content (AvgIpc) is 2.85. The van der Waals surface area contributed by atoms with Gasteiger partial charge >= 0.3 is 11.9 Å². The molecular weight excluding hydrogens is 522 g/mol. The number of rotatable bonds is 9. The first-order chi connectivity index (χ1) is 19.1. The summed E-state index contributed by atoms with van der Waals surface area (Å²) in [5, 5.41) is 15.2. The third kappa shape index (κ3) is 8.26. The van der Waals surface area contributed by atoms with Crippen LogP contribution in [0.5, 0.6) is 11.5 Å². The number of hydrogen-bond donors (Lipinski definition) is 2. The molecule has 3 rings (SSSR count). The summed E-state index contributed by atoms with van der Waals surface area (Å²) in [6.45, 7) is 12.8. The molecule has 0 radical (unpaired) electrons. The van der Waals surface area contributed by atoms with Crippen LogP contribution in [0.1, 0.15) is 71.9 Å². The second-order valence-corrected chi connectivity index (χ2v) is 12.7. The molecule has 1 aliphatic rings. The van der Waals surface area contributed by atoms with Crippen LogP contribution in [-0.4, -0.2) is 54.6 Å². The number of ether oxygens (including phenoxy) is 4. The van der Waals surface area contributed by atoms with Crippen molar-refractivity contribution in [2.45, 2.75) is 84.0 Å². The Morgan fingerprint density at radius 2 is 1.54 bits per heavy atom. The lowest BCUT2D eigenvalue weighted by atomic mass is 9.65. The summed E-state index contributed by atoms with van der Waals surface area (Å²) in [5.74, 6) is -1.67. The Morgan fingerprint density at radius 3 is 2.10 bits per heavy atom. The van der Waals surface area contributed by atoms with Gasteiger partial charge in [-0.05, 0) is 78.1 Å². The first kappa shape index (κ1) is 32.0. The summed E-state index contributed by atoms with van der Waals surface area (Å²) in [5.41, 5.74) is -0.481. The quantitative estimate of drug-likeness (QED) is 0.392. The van der Waals surface area contributed by atoms with Gasteiger partial charge in [0.25, 0.3) is 0 Å². The molecule has 1 aliphatic carbocycles. The van der Waals surface area contributed by atoms with E-state index in [0.717, 1.165) is 5.56 Å². The Labute approximate surface area is 244 Å². The van der Waals surface area contributed by atoms with Crippen molar-refractivity contribution >= 4 is 11.9 Å². The Morgan fingerprint density at radius 1 is 0.927 bits per heavy atom. The number of aliphatic hydroxyl groups is 1. The highest BCUT2D eigenvalue weighted by molar-refractivity contribution is 5.94. The van der Waals surface area contributed by atoms with Crippen molar-refractivity contribution < 1.29 is 33.6 Å². The Bertz CT molecular complexity index is 1250. The third-order valence-corrected chi connectivity index (χ3v) is 6.81. The van der Waals surface area contributed by atoms with E-state index in [9.17, 15) is 14.7 Å².